The molecule has 1 aromatic rings. The molecule has 0 aromatic heterocycles. The Hall–Kier alpha value is -2.50. The molecule has 0 unspecified atom stereocenters. The summed E-state index contributed by atoms with van der Waals surface area (Å²) in [6.45, 7) is 5.45. The Morgan fingerprint density at radius 3 is 2.72 bits per heavy atom. The minimum atomic E-state index is -0.842. The molecule has 0 aliphatic heterocycles. The summed E-state index contributed by atoms with van der Waals surface area (Å²) in [5, 5.41) is 13.1. The molecular formula is C17H23N5O2S. The van der Waals surface area contributed by atoms with Crippen molar-refractivity contribution in [1.29, 1.82) is 5.26 Å². The molecule has 0 fully saturated rings. The molecule has 0 saturated heterocycles. The van der Waals surface area contributed by atoms with Gasteiger partial charge in [-0.25, -0.2) is 5.84 Å². The van der Waals surface area contributed by atoms with Gasteiger partial charge in [0, 0.05) is 31.0 Å². The summed E-state index contributed by atoms with van der Waals surface area (Å²) < 4.78 is 0. The van der Waals surface area contributed by atoms with E-state index < -0.39 is 5.54 Å². The van der Waals surface area contributed by atoms with Crippen molar-refractivity contribution in [3.63, 3.8) is 0 Å². The smallest absolute Gasteiger partial charge is 0.252 e. The number of benzene rings is 1. The Kier molecular flexibility index (Phi) is 7.48. The Bertz CT molecular complexity index is 709. The monoisotopic (exact) mass is 361 g/mol. The summed E-state index contributed by atoms with van der Waals surface area (Å²) in [5.74, 6) is 6.05. The van der Waals surface area contributed by atoms with Gasteiger partial charge in [-0.3, -0.25) is 9.59 Å². The number of hydrogen-bond acceptors (Lipinski definition) is 7. The number of nitrogens with one attached hydrogen (secondary N) is 1. The van der Waals surface area contributed by atoms with Gasteiger partial charge in [0.1, 0.15) is 0 Å². The summed E-state index contributed by atoms with van der Waals surface area (Å²) in [5.41, 5.74) is 6.38. The molecule has 0 aliphatic carbocycles. The molecule has 0 saturated carbocycles. The third-order valence-corrected chi connectivity index (χ3v) is 4.15. The summed E-state index contributed by atoms with van der Waals surface area (Å²) >= 11 is 1.18. The van der Waals surface area contributed by atoms with Crippen molar-refractivity contribution in [3.05, 3.63) is 47.3 Å². The SMILES string of the molecule is CC(=O)SCCN(N)/C=C(\N)C(C)(C)NC(=O)c1cccc(C#N)c1. The first kappa shape index (κ1) is 20.5. The lowest BCUT2D eigenvalue weighted by Crippen LogP contribution is -2.48. The van der Waals surface area contributed by atoms with Crippen LogP contribution in [0.3, 0.4) is 0 Å². The van der Waals surface area contributed by atoms with Gasteiger partial charge in [-0.2, -0.15) is 5.26 Å². The topological polar surface area (TPSA) is 125 Å². The second kappa shape index (κ2) is 9.11. The van der Waals surface area contributed by atoms with Crippen molar-refractivity contribution in [3.8, 4) is 6.07 Å². The van der Waals surface area contributed by atoms with Crippen LogP contribution in [0, 0.1) is 11.3 Å². The van der Waals surface area contributed by atoms with E-state index in [-0.39, 0.29) is 11.0 Å². The first-order chi connectivity index (χ1) is 11.7. The van der Waals surface area contributed by atoms with Gasteiger partial charge in [0.05, 0.1) is 22.9 Å². The van der Waals surface area contributed by atoms with E-state index in [0.29, 0.717) is 29.1 Å². The van der Waals surface area contributed by atoms with E-state index >= 15 is 0 Å². The molecule has 8 heteroatoms. The van der Waals surface area contributed by atoms with Crippen molar-refractivity contribution in [2.24, 2.45) is 11.6 Å². The number of amides is 1. The van der Waals surface area contributed by atoms with Crippen LogP contribution in [0.2, 0.25) is 0 Å². The molecule has 1 amide bonds. The van der Waals surface area contributed by atoms with Crippen molar-refractivity contribution in [1.82, 2.24) is 10.3 Å². The Labute approximate surface area is 152 Å². The van der Waals surface area contributed by atoms with Crippen LogP contribution < -0.4 is 16.9 Å². The molecule has 0 aliphatic rings. The van der Waals surface area contributed by atoms with Crippen LogP contribution in [-0.2, 0) is 4.79 Å². The molecule has 1 aromatic carbocycles. The number of nitrogens with zero attached hydrogens (tertiary/aromatic N) is 2. The fraction of sp³-hybridized carbons (Fsp3) is 0.353. The third-order valence-electron chi connectivity index (χ3n) is 3.36. The maximum Gasteiger partial charge on any atom is 0.252 e. The van der Waals surface area contributed by atoms with E-state index in [1.54, 1.807) is 32.0 Å². The molecule has 0 spiro atoms. The Morgan fingerprint density at radius 2 is 2.12 bits per heavy atom. The van der Waals surface area contributed by atoms with Crippen molar-refractivity contribution in [2.45, 2.75) is 26.3 Å². The molecule has 7 nitrogen and oxygen atoms in total. The van der Waals surface area contributed by atoms with Crippen LogP contribution in [0.1, 0.15) is 36.7 Å². The van der Waals surface area contributed by atoms with Gasteiger partial charge in [-0.15, -0.1) is 0 Å². The minimum Gasteiger partial charge on any atom is -0.399 e. The fourth-order valence-electron chi connectivity index (χ4n) is 1.86. The predicted octanol–water partition coefficient (Wildman–Crippen LogP) is 1.32. The molecule has 0 heterocycles. The number of carbonyl (C=O) groups is 2. The van der Waals surface area contributed by atoms with E-state index in [9.17, 15) is 9.59 Å². The van der Waals surface area contributed by atoms with E-state index in [4.69, 9.17) is 16.8 Å². The summed E-state index contributed by atoms with van der Waals surface area (Å²) in [6, 6.07) is 8.41. The first-order valence-corrected chi connectivity index (χ1v) is 8.59. The molecular weight excluding hydrogens is 338 g/mol. The van der Waals surface area contributed by atoms with Crippen molar-refractivity contribution < 1.29 is 9.59 Å². The van der Waals surface area contributed by atoms with Crippen molar-refractivity contribution in [2.75, 3.05) is 12.3 Å². The Balaban J connectivity index is 2.74. The number of nitrogens with two attached hydrogens (primary N) is 2. The summed E-state index contributed by atoms with van der Waals surface area (Å²) in [7, 11) is 0. The second-order valence-electron chi connectivity index (χ2n) is 5.93. The quantitative estimate of drug-likeness (QED) is 0.494. The van der Waals surface area contributed by atoms with Gasteiger partial charge in [-0.1, -0.05) is 17.8 Å². The molecule has 5 N–H and O–H groups in total. The number of thioether (sulfide) groups is 1. The third kappa shape index (κ3) is 6.87. The lowest BCUT2D eigenvalue weighted by atomic mass is 10.0. The largest absolute Gasteiger partial charge is 0.399 e. The number of carbonyl (C=O) groups excluding carboxylic acids is 2. The van der Waals surface area contributed by atoms with Crippen LogP contribution in [-0.4, -0.2) is 33.9 Å². The molecule has 1 rings (SSSR count). The van der Waals surface area contributed by atoms with Crippen LogP contribution in [0.4, 0.5) is 0 Å². The molecule has 0 atom stereocenters. The van der Waals surface area contributed by atoms with Gasteiger partial charge < -0.3 is 16.1 Å². The molecule has 25 heavy (non-hydrogen) atoms. The minimum absolute atomic E-state index is 0.0255. The zero-order chi connectivity index (χ0) is 19.0. The number of hydrogen-bond donors (Lipinski definition) is 3. The van der Waals surface area contributed by atoms with Crippen LogP contribution in [0.5, 0.6) is 0 Å². The number of nitriles is 1. The zero-order valence-electron chi connectivity index (χ0n) is 14.6. The lowest BCUT2D eigenvalue weighted by molar-refractivity contribution is -0.109. The second-order valence-corrected chi connectivity index (χ2v) is 7.21. The predicted molar refractivity (Wildman–Crippen MR) is 99.0 cm³/mol. The van der Waals surface area contributed by atoms with Crippen LogP contribution in [0.15, 0.2) is 36.2 Å². The lowest BCUT2D eigenvalue weighted by Gasteiger charge is -2.28. The van der Waals surface area contributed by atoms with E-state index in [0.717, 1.165) is 0 Å². The maximum absolute atomic E-state index is 12.4. The first-order valence-electron chi connectivity index (χ1n) is 7.61. The highest BCUT2D eigenvalue weighted by Gasteiger charge is 2.24. The van der Waals surface area contributed by atoms with Gasteiger partial charge in [0.25, 0.3) is 5.91 Å². The average molecular weight is 361 g/mol. The maximum atomic E-state index is 12.4. The normalized spacial score (nSPS) is 11.6. The van der Waals surface area contributed by atoms with E-state index in [1.807, 2.05) is 6.07 Å². The summed E-state index contributed by atoms with van der Waals surface area (Å²) in [6.07, 6.45) is 1.53. The van der Waals surface area contributed by atoms with Crippen LogP contribution in [0.25, 0.3) is 0 Å². The highest BCUT2D eigenvalue weighted by molar-refractivity contribution is 8.13. The summed E-state index contributed by atoms with van der Waals surface area (Å²) in [4.78, 5) is 23.3. The molecule has 0 radical (unpaired) electrons. The number of rotatable bonds is 7. The average Bonchev–Trinajstić information content (AvgIpc) is 2.54. The van der Waals surface area contributed by atoms with Crippen molar-refractivity contribution >= 4 is 22.8 Å². The van der Waals surface area contributed by atoms with E-state index in [1.165, 1.54) is 36.0 Å². The van der Waals surface area contributed by atoms with Gasteiger partial charge >= 0.3 is 0 Å². The highest BCUT2D eigenvalue weighted by Crippen LogP contribution is 2.14. The standard InChI is InChI=1S/C17H23N5O2S/c1-12(23)25-8-7-22(20)11-15(19)17(2,3)21-16(24)14-6-4-5-13(9-14)10-18/h4-6,9,11H,7-8,19-20H2,1-3H3,(H,21,24)/b15-11-. The number of hydrazine groups is 1. The van der Waals surface area contributed by atoms with Gasteiger partial charge in [0.2, 0.25) is 0 Å². The fourth-order valence-corrected chi connectivity index (χ4v) is 2.45. The van der Waals surface area contributed by atoms with Gasteiger partial charge in [-0.05, 0) is 32.0 Å². The van der Waals surface area contributed by atoms with Crippen LogP contribution >= 0.6 is 11.8 Å². The highest BCUT2D eigenvalue weighted by atomic mass is 32.2. The molecule has 134 valence electrons. The molecule has 0 bridgehead atoms. The zero-order valence-corrected chi connectivity index (χ0v) is 15.4. The van der Waals surface area contributed by atoms with Gasteiger partial charge in [0.15, 0.2) is 5.12 Å². The van der Waals surface area contributed by atoms with E-state index in [2.05, 4.69) is 5.32 Å². The Morgan fingerprint density at radius 1 is 1.44 bits per heavy atom.